The highest BCUT2D eigenvalue weighted by Crippen LogP contribution is 2.25. The lowest BCUT2D eigenvalue weighted by Crippen LogP contribution is -2.25. The normalized spacial score (nSPS) is 11.2. The van der Waals surface area contributed by atoms with Gasteiger partial charge in [0.1, 0.15) is 0 Å². The summed E-state index contributed by atoms with van der Waals surface area (Å²) in [5.74, 6) is 1.13. The van der Waals surface area contributed by atoms with Gasteiger partial charge in [-0.15, -0.1) is 11.8 Å². The average Bonchev–Trinajstić information content (AvgIpc) is 2.43. The van der Waals surface area contributed by atoms with Gasteiger partial charge in [-0.05, 0) is 43.4 Å². The number of rotatable bonds is 9. The van der Waals surface area contributed by atoms with Crippen LogP contribution in [0.2, 0.25) is 5.02 Å². The second kappa shape index (κ2) is 9.65. The summed E-state index contributed by atoms with van der Waals surface area (Å²) in [6, 6.07) is 6.20. The summed E-state index contributed by atoms with van der Waals surface area (Å²) < 4.78 is 0. The minimum absolute atomic E-state index is 0.820. The van der Waals surface area contributed by atoms with Crippen molar-refractivity contribution in [1.29, 1.82) is 0 Å². The van der Waals surface area contributed by atoms with E-state index in [0.29, 0.717) is 0 Å². The summed E-state index contributed by atoms with van der Waals surface area (Å²) in [5, 5.41) is 4.19. The molecule has 0 aliphatic carbocycles. The Morgan fingerprint density at radius 1 is 1.21 bits per heavy atom. The van der Waals surface area contributed by atoms with Gasteiger partial charge < -0.3 is 10.2 Å². The van der Waals surface area contributed by atoms with Crippen LogP contribution in [-0.2, 0) is 6.54 Å². The maximum atomic E-state index is 6.08. The number of halogens is 1. The SMILES string of the molecule is CCNCc1cc(Cl)ccc1SCCN(CC)CC. The molecule has 0 radical (unpaired) electrons. The van der Waals surface area contributed by atoms with Gasteiger partial charge in [-0.3, -0.25) is 0 Å². The molecule has 2 nitrogen and oxygen atoms in total. The van der Waals surface area contributed by atoms with Gasteiger partial charge >= 0.3 is 0 Å². The van der Waals surface area contributed by atoms with E-state index in [1.165, 1.54) is 10.5 Å². The number of nitrogens with one attached hydrogen (secondary N) is 1. The Labute approximate surface area is 126 Å². The summed E-state index contributed by atoms with van der Waals surface area (Å²) in [5.41, 5.74) is 1.30. The molecule has 0 amide bonds. The van der Waals surface area contributed by atoms with Crippen LogP contribution in [0.5, 0.6) is 0 Å². The van der Waals surface area contributed by atoms with E-state index in [0.717, 1.165) is 43.5 Å². The van der Waals surface area contributed by atoms with E-state index in [1.807, 2.05) is 17.8 Å². The van der Waals surface area contributed by atoms with Crippen molar-refractivity contribution < 1.29 is 0 Å². The molecule has 108 valence electrons. The van der Waals surface area contributed by atoms with Crippen molar-refractivity contribution in [2.45, 2.75) is 32.2 Å². The molecular weight excluding hydrogens is 276 g/mol. The number of nitrogens with zero attached hydrogens (tertiary/aromatic N) is 1. The van der Waals surface area contributed by atoms with Crippen molar-refractivity contribution in [1.82, 2.24) is 10.2 Å². The molecule has 0 spiro atoms. The Hall–Kier alpha value is -0.220. The van der Waals surface area contributed by atoms with Gasteiger partial charge in [0, 0.05) is 28.8 Å². The zero-order chi connectivity index (χ0) is 14.1. The lowest BCUT2D eigenvalue weighted by atomic mass is 10.2. The van der Waals surface area contributed by atoms with Gasteiger partial charge in [-0.25, -0.2) is 0 Å². The van der Waals surface area contributed by atoms with E-state index < -0.39 is 0 Å². The van der Waals surface area contributed by atoms with Crippen molar-refractivity contribution >= 4 is 23.4 Å². The smallest absolute Gasteiger partial charge is 0.0410 e. The lowest BCUT2D eigenvalue weighted by molar-refractivity contribution is 0.324. The van der Waals surface area contributed by atoms with E-state index >= 15 is 0 Å². The summed E-state index contributed by atoms with van der Waals surface area (Å²) in [6.45, 7) is 11.8. The van der Waals surface area contributed by atoms with Crippen LogP contribution in [0, 0.1) is 0 Å². The highest BCUT2D eigenvalue weighted by atomic mass is 35.5. The summed E-state index contributed by atoms with van der Waals surface area (Å²) >= 11 is 8.00. The van der Waals surface area contributed by atoms with Gasteiger partial charge in [0.05, 0.1) is 0 Å². The predicted octanol–water partition coefficient (Wildman–Crippen LogP) is 3.88. The molecule has 0 aliphatic rings. The molecule has 0 aliphatic heterocycles. The zero-order valence-corrected chi connectivity index (χ0v) is 13.8. The molecule has 0 aromatic heterocycles. The van der Waals surface area contributed by atoms with E-state index in [4.69, 9.17) is 11.6 Å². The maximum Gasteiger partial charge on any atom is 0.0410 e. The predicted molar refractivity (Wildman–Crippen MR) is 87.3 cm³/mol. The fourth-order valence-corrected chi connectivity index (χ4v) is 3.16. The lowest BCUT2D eigenvalue weighted by Gasteiger charge is -2.18. The first-order chi connectivity index (χ1) is 9.21. The molecular formula is C15H25ClN2S. The summed E-state index contributed by atoms with van der Waals surface area (Å²) in [6.07, 6.45) is 0. The zero-order valence-electron chi connectivity index (χ0n) is 12.2. The quantitative estimate of drug-likeness (QED) is 0.697. The van der Waals surface area contributed by atoms with Crippen molar-refractivity contribution in [3.63, 3.8) is 0 Å². The minimum Gasteiger partial charge on any atom is -0.313 e. The van der Waals surface area contributed by atoms with Gasteiger partial charge in [0.15, 0.2) is 0 Å². The minimum atomic E-state index is 0.820. The van der Waals surface area contributed by atoms with Crippen molar-refractivity contribution in [3.8, 4) is 0 Å². The van der Waals surface area contributed by atoms with Crippen LogP contribution in [0.15, 0.2) is 23.1 Å². The van der Waals surface area contributed by atoms with Crippen LogP contribution in [0.1, 0.15) is 26.3 Å². The third-order valence-corrected chi connectivity index (χ3v) is 4.48. The number of hydrogen-bond donors (Lipinski definition) is 1. The van der Waals surface area contributed by atoms with Crippen LogP contribution >= 0.6 is 23.4 Å². The van der Waals surface area contributed by atoms with Gasteiger partial charge in [0.2, 0.25) is 0 Å². The fraction of sp³-hybridized carbons (Fsp3) is 0.600. The Balaban J connectivity index is 2.56. The highest BCUT2D eigenvalue weighted by Gasteiger charge is 2.05. The van der Waals surface area contributed by atoms with Crippen LogP contribution in [-0.4, -0.2) is 36.8 Å². The van der Waals surface area contributed by atoms with E-state index in [2.05, 4.69) is 43.1 Å². The first kappa shape index (κ1) is 16.8. The molecule has 0 bridgehead atoms. The second-order valence-corrected chi connectivity index (χ2v) is 5.98. The highest BCUT2D eigenvalue weighted by molar-refractivity contribution is 7.99. The number of benzene rings is 1. The Morgan fingerprint density at radius 3 is 2.58 bits per heavy atom. The third-order valence-electron chi connectivity index (χ3n) is 3.15. The molecule has 0 saturated heterocycles. The van der Waals surface area contributed by atoms with Crippen molar-refractivity contribution in [2.75, 3.05) is 31.9 Å². The molecule has 0 unspecified atom stereocenters. The molecule has 0 atom stereocenters. The average molecular weight is 301 g/mol. The van der Waals surface area contributed by atoms with Gasteiger partial charge in [0.25, 0.3) is 0 Å². The monoisotopic (exact) mass is 300 g/mol. The van der Waals surface area contributed by atoms with Crippen LogP contribution in [0.25, 0.3) is 0 Å². The van der Waals surface area contributed by atoms with Crippen LogP contribution in [0.4, 0.5) is 0 Å². The summed E-state index contributed by atoms with van der Waals surface area (Å²) in [4.78, 5) is 3.80. The van der Waals surface area contributed by atoms with Gasteiger partial charge in [-0.1, -0.05) is 32.4 Å². The molecule has 1 N–H and O–H groups in total. The third kappa shape index (κ3) is 6.17. The van der Waals surface area contributed by atoms with Crippen molar-refractivity contribution in [2.24, 2.45) is 0 Å². The molecule has 0 heterocycles. The molecule has 0 saturated carbocycles. The second-order valence-electron chi connectivity index (χ2n) is 4.41. The largest absolute Gasteiger partial charge is 0.313 e. The molecule has 19 heavy (non-hydrogen) atoms. The Bertz CT molecular complexity index is 367. The fourth-order valence-electron chi connectivity index (χ4n) is 1.91. The van der Waals surface area contributed by atoms with E-state index in [-0.39, 0.29) is 0 Å². The molecule has 0 fully saturated rings. The summed E-state index contributed by atoms with van der Waals surface area (Å²) in [7, 11) is 0. The van der Waals surface area contributed by atoms with E-state index in [1.54, 1.807) is 0 Å². The molecule has 1 aromatic rings. The van der Waals surface area contributed by atoms with Crippen LogP contribution < -0.4 is 5.32 Å². The molecule has 1 aromatic carbocycles. The first-order valence-corrected chi connectivity index (χ1v) is 8.41. The Kier molecular flexibility index (Phi) is 8.55. The first-order valence-electron chi connectivity index (χ1n) is 7.05. The number of thioether (sulfide) groups is 1. The maximum absolute atomic E-state index is 6.08. The standard InChI is InChI=1S/C15H25ClN2S/c1-4-17-12-13-11-14(16)7-8-15(13)19-10-9-18(5-2)6-3/h7-8,11,17H,4-6,9-10,12H2,1-3H3. The van der Waals surface area contributed by atoms with Crippen LogP contribution in [0.3, 0.4) is 0 Å². The molecule has 1 rings (SSSR count). The topological polar surface area (TPSA) is 15.3 Å². The van der Waals surface area contributed by atoms with Crippen molar-refractivity contribution in [3.05, 3.63) is 28.8 Å². The number of hydrogen-bond acceptors (Lipinski definition) is 3. The Morgan fingerprint density at radius 2 is 1.95 bits per heavy atom. The molecule has 4 heteroatoms. The van der Waals surface area contributed by atoms with Gasteiger partial charge in [-0.2, -0.15) is 0 Å². The van der Waals surface area contributed by atoms with E-state index in [9.17, 15) is 0 Å².